The molecule has 0 bridgehead atoms. The van der Waals surface area contributed by atoms with Gasteiger partial charge < -0.3 is 0 Å². The minimum absolute atomic E-state index is 0.628. The third-order valence-electron chi connectivity index (χ3n) is 9.69. The summed E-state index contributed by atoms with van der Waals surface area (Å²) in [5, 5.41) is 4.70. The van der Waals surface area contributed by atoms with Crippen molar-refractivity contribution in [2.24, 2.45) is 0 Å². The molecule has 0 unspecified atom stereocenters. The summed E-state index contributed by atoms with van der Waals surface area (Å²) in [6.45, 7) is 0. The van der Waals surface area contributed by atoms with E-state index in [1.165, 1.54) is 21.5 Å². The first-order chi connectivity index (χ1) is 25.3. The molecule has 0 aliphatic rings. The summed E-state index contributed by atoms with van der Waals surface area (Å²) in [4.78, 5) is 24.8. The summed E-state index contributed by atoms with van der Waals surface area (Å²) in [6, 6.07) is 55.0. The Labute approximate surface area is 295 Å². The van der Waals surface area contributed by atoms with E-state index in [1.54, 1.807) is 0 Å². The molecule has 0 saturated carbocycles. The molecule has 0 spiro atoms. The zero-order valence-corrected chi connectivity index (χ0v) is 28.2. The Hall–Kier alpha value is -6.57. The SMILES string of the molecule is c1ccc(S(c2ccccc2)(c2cnc(-n3c4ccccc4c4ccccc43)nc2)c2cnc(-n3c4ccccc4c4ccccc43)nc2)cc1. The molecule has 0 radical (unpaired) electrons. The fourth-order valence-corrected chi connectivity index (χ4v) is 11.1. The largest absolute Gasteiger partial charge is 0.278 e. The first-order valence-electron chi connectivity index (χ1n) is 16.9. The van der Waals surface area contributed by atoms with Crippen LogP contribution in [0.25, 0.3) is 55.5 Å². The average molecular weight is 675 g/mol. The molecule has 4 heterocycles. The molecule has 0 aliphatic heterocycles. The van der Waals surface area contributed by atoms with E-state index < -0.39 is 10.0 Å². The second kappa shape index (κ2) is 11.8. The van der Waals surface area contributed by atoms with Crippen LogP contribution in [0.2, 0.25) is 0 Å². The molecule has 6 aromatic carbocycles. The summed E-state index contributed by atoms with van der Waals surface area (Å²) >= 11 is 0. The van der Waals surface area contributed by atoms with Gasteiger partial charge in [-0.05, 0) is 48.5 Å². The maximum absolute atomic E-state index is 5.12. The van der Waals surface area contributed by atoms with Gasteiger partial charge in [0, 0.05) is 65.9 Å². The fraction of sp³-hybridized carbons (Fsp3) is 0. The van der Waals surface area contributed by atoms with Crippen LogP contribution in [0.4, 0.5) is 0 Å². The Kier molecular flexibility index (Phi) is 6.79. The van der Waals surface area contributed by atoms with Gasteiger partial charge in [0.05, 0.1) is 22.1 Å². The highest BCUT2D eigenvalue weighted by Crippen LogP contribution is 2.73. The van der Waals surface area contributed by atoms with Crippen molar-refractivity contribution in [1.29, 1.82) is 0 Å². The lowest BCUT2D eigenvalue weighted by atomic mass is 10.2. The molecule has 10 rings (SSSR count). The van der Waals surface area contributed by atoms with Crippen molar-refractivity contribution in [3.8, 4) is 11.9 Å². The van der Waals surface area contributed by atoms with Crippen molar-refractivity contribution in [1.82, 2.24) is 29.1 Å². The van der Waals surface area contributed by atoms with Gasteiger partial charge in [-0.1, -0.05) is 109 Å². The van der Waals surface area contributed by atoms with Crippen LogP contribution in [0, 0.1) is 0 Å². The summed E-state index contributed by atoms with van der Waals surface area (Å²) in [5.74, 6) is 1.26. The fourth-order valence-electron chi connectivity index (χ4n) is 7.51. The second-order valence-electron chi connectivity index (χ2n) is 12.4. The van der Waals surface area contributed by atoms with Crippen LogP contribution in [0.3, 0.4) is 0 Å². The minimum atomic E-state index is -2.12. The molecule has 0 N–H and O–H groups in total. The number of para-hydroxylation sites is 4. The molecule has 51 heavy (non-hydrogen) atoms. The van der Waals surface area contributed by atoms with Gasteiger partial charge in [-0.3, -0.25) is 9.13 Å². The molecule has 0 saturated heterocycles. The van der Waals surface area contributed by atoms with E-state index in [0.29, 0.717) is 11.9 Å². The van der Waals surface area contributed by atoms with Crippen LogP contribution in [0.1, 0.15) is 0 Å². The maximum atomic E-state index is 5.12. The predicted octanol–water partition coefficient (Wildman–Crippen LogP) is 10.8. The Morgan fingerprint density at radius 1 is 0.294 bits per heavy atom. The third-order valence-corrected chi connectivity index (χ3v) is 13.5. The summed E-state index contributed by atoms with van der Waals surface area (Å²) in [6.07, 6.45) is 8.01. The Balaban J connectivity index is 1.19. The first-order valence-corrected chi connectivity index (χ1v) is 18.5. The molecule has 0 amide bonds. The van der Waals surface area contributed by atoms with Crippen LogP contribution in [-0.2, 0) is 0 Å². The van der Waals surface area contributed by atoms with Gasteiger partial charge in [-0.15, -0.1) is 10.0 Å². The van der Waals surface area contributed by atoms with Crippen molar-refractivity contribution in [2.75, 3.05) is 0 Å². The predicted molar refractivity (Wildman–Crippen MR) is 206 cm³/mol. The number of rotatable bonds is 6. The van der Waals surface area contributed by atoms with E-state index in [0.717, 1.165) is 41.6 Å². The van der Waals surface area contributed by atoms with Gasteiger partial charge in [0.25, 0.3) is 0 Å². The van der Waals surface area contributed by atoms with E-state index in [4.69, 9.17) is 19.9 Å². The summed E-state index contributed by atoms with van der Waals surface area (Å²) in [7, 11) is -2.12. The van der Waals surface area contributed by atoms with E-state index in [1.807, 2.05) is 24.8 Å². The zero-order chi connectivity index (χ0) is 33.8. The standard InChI is InChI=1S/C44H30N6S/c1-3-15-31(16-4-1)51(32-17-5-2-6-18-32,33-27-45-43(46-28-33)49-39-23-11-7-19-35(39)36-20-8-12-24-40(36)49)34-29-47-44(48-30-34)50-41-25-13-9-21-37(41)38-22-10-14-26-42(38)50/h1-30H. The number of nitrogens with zero attached hydrogens (tertiary/aromatic N) is 6. The first kappa shape index (κ1) is 29.4. The van der Waals surface area contributed by atoms with Crippen LogP contribution in [-0.4, -0.2) is 29.1 Å². The lowest BCUT2D eigenvalue weighted by Crippen LogP contribution is -2.10. The van der Waals surface area contributed by atoms with Crippen LogP contribution in [0.15, 0.2) is 202 Å². The maximum Gasteiger partial charge on any atom is 0.234 e. The Morgan fingerprint density at radius 3 is 0.882 bits per heavy atom. The molecule has 7 heteroatoms. The Bertz CT molecular complexity index is 2540. The van der Waals surface area contributed by atoms with E-state index >= 15 is 0 Å². The van der Waals surface area contributed by atoms with Crippen LogP contribution in [0.5, 0.6) is 0 Å². The highest BCUT2D eigenvalue weighted by molar-refractivity contribution is 8.33. The second-order valence-corrected chi connectivity index (χ2v) is 15.5. The zero-order valence-electron chi connectivity index (χ0n) is 27.4. The molecule has 10 aromatic rings. The molecule has 4 aromatic heterocycles. The van der Waals surface area contributed by atoms with Gasteiger partial charge in [-0.2, -0.15) is 0 Å². The summed E-state index contributed by atoms with van der Waals surface area (Å²) < 4.78 is 4.31. The van der Waals surface area contributed by atoms with E-state index in [9.17, 15) is 0 Å². The quantitative estimate of drug-likeness (QED) is 0.176. The van der Waals surface area contributed by atoms with Gasteiger partial charge in [0.2, 0.25) is 11.9 Å². The normalized spacial score (nSPS) is 12.2. The van der Waals surface area contributed by atoms with Crippen LogP contribution >= 0.6 is 10.0 Å². The highest BCUT2D eigenvalue weighted by atomic mass is 32.3. The summed E-state index contributed by atoms with van der Waals surface area (Å²) in [5.41, 5.74) is 4.30. The number of hydrogen-bond acceptors (Lipinski definition) is 4. The number of fused-ring (bicyclic) bond motifs is 6. The third kappa shape index (κ3) is 4.45. The molecular weight excluding hydrogens is 645 g/mol. The topological polar surface area (TPSA) is 61.4 Å². The van der Waals surface area contributed by atoms with E-state index in [2.05, 4.69) is 167 Å². The van der Waals surface area contributed by atoms with Gasteiger partial charge in [0.15, 0.2) is 0 Å². The molecule has 0 fully saturated rings. The molecule has 0 aliphatic carbocycles. The smallest absolute Gasteiger partial charge is 0.234 e. The van der Waals surface area contributed by atoms with Crippen molar-refractivity contribution in [3.05, 3.63) is 183 Å². The lowest BCUT2D eigenvalue weighted by molar-refractivity contribution is 0.945. The monoisotopic (exact) mass is 674 g/mol. The molecule has 6 nitrogen and oxygen atoms in total. The van der Waals surface area contributed by atoms with Gasteiger partial charge >= 0.3 is 0 Å². The van der Waals surface area contributed by atoms with Crippen molar-refractivity contribution < 1.29 is 0 Å². The average Bonchev–Trinajstić information content (AvgIpc) is 3.73. The van der Waals surface area contributed by atoms with Crippen molar-refractivity contribution >= 4 is 53.6 Å². The van der Waals surface area contributed by atoms with Crippen molar-refractivity contribution in [3.63, 3.8) is 0 Å². The molecule has 242 valence electrons. The lowest BCUT2D eigenvalue weighted by Gasteiger charge is -2.40. The number of aromatic nitrogens is 6. The highest BCUT2D eigenvalue weighted by Gasteiger charge is 2.35. The van der Waals surface area contributed by atoms with E-state index in [-0.39, 0.29) is 0 Å². The molecular formula is C44H30N6S. The van der Waals surface area contributed by atoms with Gasteiger partial charge in [-0.25, -0.2) is 19.9 Å². The van der Waals surface area contributed by atoms with Gasteiger partial charge in [0.1, 0.15) is 0 Å². The molecule has 0 atom stereocenters. The minimum Gasteiger partial charge on any atom is -0.278 e. The number of hydrogen-bond donors (Lipinski definition) is 0. The van der Waals surface area contributed by atoms with Crippen molar-refractivity contribution in [2.45, 2.75) is 19.6 Å². The van der Waals surface area contributed by atoms with Crippen LogP contribution < -0.4 is 0 Å². The Morgan fingerprint density at radius 2 is 0.569 bits per heavy atom. The number of benzene rings is 6.